The Bertz CT molecular complexity index is 441. The summed E-state index contributed by atoms with van der Waals surface area (Å²) in [4.78, 5) is 43.3. The molecule has 149 valence electrons. The largest absolute Gasteiger partial charge is 0.343 e. The predicted molar refractivity (Wildman–Crippen MR) is 71.6 cm³/mol. The van der Waals surface area contributed by atoms with E-state index in [1.807, 2.05) is 16.4 Å². The van der Waals surface area contributed by atoms with Crippen molar-refractivity contribution in [1.29, 1.82) is 0 Å². The number of urea groups is 3. The van der Waals surface area contributed by atoms with Gasteiger partial charge in [-0.05, 0) is 0 Å². The number of nitrogens with one attached hydrogen (secondary N) is 6. The number of nitrogens with two attached hydrogens (primary N) is 6. The third-order valence-corrected chi connectivity index (χ3v) is 1.86. The van der Waals surface area contributed by atoms with E-state index in [9.17, 15) is 14.4 Å². The molecular formula is C6H18AgN12O6. The van der Waals surface area contributed by atoms with E-state index >= 15 is 0 Å². The fourth-order valence-electron chi connectivity index (χ4n) is 1.08. The molecule has 0 spiro atoms. The Labute approximate surface area is 154 Å². The first-order chi connectivity index (χ1) is 10.8. The van der Waals surface area contributed by atoms with Crippen molar-refractivity contribution in [3.8, 4) is 0 Å². The van der Waals surface area contributed by atoms with Crippen molar-refractivity contribution in [2.45, 2.75) is 17.9 Å². The molecule has 6 amide bonds. The van der Waals surface area contributed by atoms with Crippen LogP contribution in [0.15, 0.2) is 0 Å². The van der Waals surface area contributed by atoms with Crippen LogP contribution in [0.25, 0.3) is 0 Å². The number of rotatable bonds is 0. The van der Waals surface area contributed by atoms with E-state index in [0.29, 0.717) is 0 Å². The fraction of sp³-hybridized carbons (Fsp3) is 0.500. The van der Waals surface area contributed by atoms with Crippen molar-refractivity contribution in [2.75, 3.05) is 0 Å². The van der Waals surface area contributed by atoms with Gasteiger partial charge in [0.2, 0.25) is 0 Å². The fourth-order valence-corrected chi connectivity index (χ4v) is 1.08. The van der Waals surface area contributed by atoms with E-state index in [1.54, 1.807) is 0 Å². The minimum absolute atomic E-state index is 0. The second kappa shape index (κ2) is 8.52. The van der Waals surface area contributed by atoms with Gasteiger partial charge in [0, 0.05) is 22.4 Å². The van der Waals surface area contributed by atoms with E-state index in [0.717, 1.165) is 0 Å². The predicted octanol–water partition coefficient (Wildman–Crippen LogP) is -6.72. The first kappa shape index (κ1) is 23.2. The van der Waals surface area contributed by atoms with Crippen molar-refractivity contribution in [3.05, 3.63) is 0 Å². The van der Waals surface area contributed by atoms with Crippen LogP contribution in [0.5, 0.6) is 0 Å². The van der Waals surface area contributed by atoms with Crippen molar-refractivity contribution in [2.24, 2.45) is 34.4 Å². The third-order valence-electron chi connectivity index (χ3n) is 1.86. The van der Waals surface area contributed by atoms with Gasteiger partial charge in [0.1, 0.15) is 0 Å². The molecule has 0 aromatic rings. The summed E-state index contributed by atoms with van der Waals surface area (Å²) in [6.45, 7) is 0. The summed E-state index contributed by atoms with van der Waals surface area (Å²) in [5, 5.41) is 6.23. The average molecular weight is 462 g/mol. The van der Waals surface area contributed by atoms with Crippen LogP contribution < -0.4 is 66.8 Å². The first-order valence-electron chi connectivity index (χ1n) is 5.82. The van der Waals surface area contributed by atoms with E-state index in [-0.39, 0.29) is 22.4 Å². The molecule has 19 heteroatoms. The van der Waals surface area contributed by atoms with Crippen LogP contribution in [0.4, 0.5) is 14.4 Å². The molecule has 18 N–H and O–H groups in total. The summed E-state index contributed by atoms with van der Waals surface area (Å²) in [7, 11) is 0. The first-order valence-corrected chi connectivity index (χ1v) is 5.82. The molecule has 0 aromatic heterocycles. The Morgan fingerprint density at radius 2 is 0.760 bits per heavy atom. The molecule has 0 atom stereocenters. The van der Waals surface area contributed by atoms with Crippen LogP contribution in [0.3, 0.4) is 0 Å². The molecular weight excluding hydrogens is 444 g/mol. The molecule has 1 radical (unpaired) electrons. The monoisotopic (exact) mass is 461 g/mol. The molecule has 3 heterocycles. The van der Waals surface area contributed by atoms with Crippen molar-refractivity contribution >= 4 is 18.1 Å². The summed E-state index contributed by atoms with van der Waals surface area (Å²) in [5.41, 5.74) is 35.9. The van der Waals surface area contributed by atoms with Gasteiger partial charge in [-0.15, -0.1) is 0 Å². The molecule has 3 aliphatic heterocycles. The van der Waals surface area contributed by atoms with Crippen LogP contribution in [0, 0.1) is 0 Å². The normalized spacial score (nSPS) is 23.5. The maximum Gasteiger partial charge on any atom is 0.343 e. The van der Waals surface area contributed by atoms with Gasteiger partial charge in [0.25, 0.3) is 17.9 Å². The van der Waals surface area contributed by atoms with Gasteiger partial charge >= 0.3 is 18.1 Å². The smallest absolute Gasteiger partial charge is 0.281 e. The minimum Gasteiger partial charge on any atom is -0.281 e. The summed E-state index contributed by atoms with van der Waals surface area (Å²) in [6, 6.07) is -1.60. The molecule has 25 heavy (non-hydrogen) atoms. The van der Waals surface area contributed by atoms with E-state index in [1.165, 1.54) is 0 Å². The molecule has 18 nitrogen and oxygen atoms in total. The van der Waals surface area contributed by atoms with Gasteiger partial charge < -0.3 is 0 Å². The van der Waals surface area contributed by atoms with Gasteiger partial charge in [-0.1, -0.05) is 0 Å². The zero-order valence-electron chi connectivity index (χ0n) is 12.2. The summed E-state index contributed by atoms with van der Waals surface area (Å²) < 4.78 is 0. The van der Waals surface area contributed by atoms with Gasteiger partial charge in [0.15, 0.2) is 0 Å². The zero-order chi connectivity index (χ0) is 18.6. The summed E-state index contributed by atoms with van der Waals surface area (Å²) >= 11 is 0. The average Bonchev–Trinajstić information content (AvgIpc) is 2.99. The molecule has 0 unspecified atom stereocenters. The Kier molecular flexibility index (Phi) is 7.91. The number of hydroxylamine groups is 3. The second-order valence-corrected chi connectivity index (χ2v) is 4.35. The van der Waals surface area contributed by atoms with Crippen LogP contribution in [-0.4, -0.2) is 36.0 Å². The van der Waals surface area contributed by atoms with E-state index < -0.39 is 36.0 Å². The standard InChI is InChI=1S/3C2H6N4O2.Ag/c3*3-2(4)5-1(7)6-8-2;/h3*3-4H2,(H2,5,6,7);. The molecule has 3 fully saturated rings. The Morgan fingerprint density at radius 3 is 0.800 bits per heavy atom. The van der Waals surface area contributed by atoms with Crippen LogP contribution in [0.1, 0.15) is 0 Å². The summed E-state index contributed by atoms with van der Waals surface area (Å²) in [5.74, 6) is -4.63. The minimum atomic E-state index is -1.54. The van der Waals surface area contributed by atoms with E-state index in [2.05, 4.69) is 30.5 Å². The van der Waals surface area contributed by atoms with Crippen molar-refractivity contribution < 1.29 is 51.3 Å². The molecule has 3 rings (SSSR count). The maximum atomic E-state index is 10.2. The maximum absolute atomic E-state index is 10.2. The van der Waals surface area contributed by atoms with Crippen molar-refractivity contribution in [3.63, 3.8) is 0 Å². The summed E-state index contributed by atoms with van der Waals surface area (Å²) in [6.07, 6.45) is 0. The van der Waals surface area contributed by atoms with Gasteiger partial charge in [-0.25, -0.2) is 45.3 Å². The van der Waals surface area contributed by atoms with Gasteiger partial charge in [-0.2, -0.15) is 0 Å². The Hall–Kier alpha value is -1.81. The van der Waals surface area contributed by atoms with Gasteiger partial charge in [0.05, 0.1) is 0 Å². The number of carbonyl (C=O) groups is 3. The number of hydrogen-bond acceptors (Lipinski definition) is 12. The molecule has 0 saturated carbocycles. The topological polar surface area (TPSA) is 307 Å². The molecule has 3 saturated heterocycles. The third kappa shape index (κ3) is 9.30. The molecule has 0 aliphatic carbocycles. The Balaban J connectivity index is 0.000000339. The number of carbonyl (C=O) groups excluding carboxylic acids is 3. The quantitative estimate of drug-likeness (QED) is 0.118. The molecule has 0 bridgehead atoms. The number of amides is 6. The van der Waals surface area contributed by atoms with Crippen LogP contribution >= 0.6 is 0 Å². The SMILES string of the molecule is NC1(N)NC(=O)NO1.NC1(N)NC(=O)NO1.NC1(N)NC(=O)NO1.[Ag]. The molecule has 0 aromatic carbocycles. The van der Waals surface area contributed by atoms with Crippen LogP contribution in [0.2, 0.25) is 0 Å². The number of hydrogen-bond donors (Lipinski definition) is 12. The van der Waals surface area contributed by atoms with Gasteiger partial charge in [-0.3, -0.25) is 50.4 Å². The van der Waals surface area contributed by atoms with E-state index in [4.69, 9.17) is 34.4 Å². The second-order valence-electron chi connectivity index (χ2n) is 4.35. The molecule has 3 aliphatic rings. The van der Waals surface area contributed by atoms with Crippen LogP contribution in [-0.2, 0) is 36.9 Å². The van der Waals surface area contributed by atoms with Crippen molar-refractivity contribution in [1.82, 2.24) is 32.4 Å². The zero-order valence-corrected chi connectivity index (χ0v) is 13.7. The Morgan fingerprint density at radius 1 is 0.560 bits per heavy atom.